The fourth-order valence-corrected chi connectivity index (χ4v) is 3.64. The number of aromatic amines is 1. The van der Waals surface area contributed by atoms with E-state index in [9.17, 15) is 14.7 Å². The molecule has 0 bridgehead atoms. The monoisotopic (exact) mass is 379 g/mol. The largest absolute Gasteiger partial charge is 0.396 e. The van der Waals surface area contributed by atoms with Crippen molar-refractivity contribution in [3.8, 4) is 5.69 Å². The smallest absolute Gasteiger partial charge is 0.279 e. The minimum Gasteiger partial charge on any atom is -0.396 e. The fraction of sp³-hybridized carbons (Fsp3) is 0.238. The minimum absolute atomic E-state index is 0.00210. The number of fused-ring (bicyclic) bond motifs is 2. The maximum absolute atomic E-state index is 12.7. The molecule has 144 valence electrons. The van der Waals surface area contributed by atoms with Crippen molar-refractivity contribution in [1.82, 2.24) is 9.78 Å². The van der Waals surface area contributed by atoms with Crippen LogP contribution in [0.4, 0.5) is 5.69 Å². The molecule has 0 unspecified atom stereocenters. The molecule has 1 aliphatic rings. The van der Waals surface area contributed by atoms with Crippen LogP contribution in [0.25, 0.3) is 16.6 Å². The van der Waals surface area contributed by atoms with E-state index in [0.717, 1.165) is 0 Å². The molecule has 0 spiro atoms. The second-order valence-electron chi connectivity index (χ2n) is 6.98. The Morgan fingerprint density at radius 3 is 2.75 bits per heavy atom. The SMILES string of the molecule is C[C@H](/C=C/CCO)[C@@]1(O)C(=O)Nc2ccc(-n3[nH]c4ccccc4c3=O)cc21. The average Bonchev–Trinajstić information content (AvgIpc) is 3.17. The van der Waals surface area contributed by atoms with Gasteiger partial charge in [-0.3, -0.25) is 14.7 Å². The van der Waals surface area contributed by atoms with E-state index in [2.05, 4.69) is 10.4 Å². The van der Waals surface area contributed by atoms with E-state index in [4.69, 9.17) is 5.11 Å². The lowest BCUT2D eigenvalue weighted by atomic mass is 9.83. The van der Waals surface area contributed by atoms with E-state index in [1.165, 1.54) is 4.68 Å². The highest BCUT2D eigenvalue weighted by atomic mass is 16.3. The fourth-order valence-electron chi connectivity index (χ4n) is 3.64. The predicted octanol–water partition coefficient (Wildman–Crippen LogP) is 2.03. The number of para-hydroxylation sites is 1. The molecule has 4 rings (SSSR count). The van der Waals surface area contributed by atoms with Crippen molar-refractivity contribution in [1.29, 1.82) is 0 Å². The molecule has 0 saturated heterocycles. The summed E-state index contributed by atoms with van der Waals surface area (Å²) in [6, 6.07) is 12.2. The first-order valence-electron chi connectivity index (χ1n) is 9.13. The molecular formula is C21H21N3O4. The number of nitrogens with zero attached hydrogens (tertiary/aromatic N) is 1. The maximum Gasteiger partial charge on any atom is 0.279 e. The zero-order valence-corrected chi connectivity index (χ0v) is 15.3. The summed E-state index contributed by atoms with van der Waals surface area (Å²) >= 11 is 0. The van der Waals surface area contributed by atoms with Crippen LogP contribution in [0.1, 0.15) is 18.9 Å². The van der Waals surface area contributed by atoms with Crippen LogP contribution in [0, 0.1) is 5.92 Å². The van der Waals surface area contributed by atoms with Crippen molar-refractivity contribution < 1.29 is 15.0 Å². The number of nitrogens with one attached hydrogen (secondary N) is 2. The number of carbonyl (C=O) groups excluding carboxylic acids is 1. The number of carbonyl (C=O) groups is 1. The summed E-state index contributed by atoms with van der Waals surface area (Å²) in [7, 11) is 0. The van der Waals surface area contributed by atoms with Gasteiger partial charge in [-0.05, 0) is 36.8 Å². The number of amides is 1. The van der Waals surface area contributed by atoms with Gasteiger partial charge >= 0.3 is 0 Å². The zero-order chi connectivity index (χ0) is 19.9. The quantitative estimate of drug-likeness (QED) is 0.509. The van der Waals surface area contributed by atoms with Crippen molar-refractivity contribution in [3.63, 3.8) is 0 Å². The average molecular weight is 379 g/mol. The van der Waals surface area contributed by atoms with Gasteiger partial charge in [-0.1, -0.05) is 31.2 Å². The van der Waals surface area contributed by atoms with Crippen molar-refractivity contribution in [3.05, 3.63) is 70.5 Å². The summed E-state index contributed by atoms with van der Waals surface area (Å²) in [6.45, 7) is 1.74. The number of hydrogen-bond donors (Lipinski definition) is 4. The van der Waals surface area contributed by atoms with Crippen LogP contribution in [-0.2, 0) is 10.4 Å². The number of benzene rings is 2. The molecule has 1 aromatic heterocycles. The van der Waals surface area contributed by atoms with E-state index < -0.39 is 17.4 Å². The lowest BCUT2D eigenvalue weighted by Crippen LogP contribution is -2.39. The lowest BCUT2D eigenvalue weighted by Gasteiger charge is -2.26. The Bertz CT molecular complexity index is 1140. The maximum atomic E-state index is 12.7. The van der Waals surface area contributed by atoms with Gasteiger partial charge in [0.15, 0.2) is 5.60 Å². The van der Waals surface area contributed by atoms with Gasteiger partial charge in [0.25, 0.3) is 11.5 Å². The molecule has 0 fully saturated rings. The number of aliphatic hydroxyl groups excluding tert-OH is 1. The highest BCUT2D eigenvalue weighted by molar-refractivity contribution is 6.05. The highest BCUT2D eigenvalue weighted by Gasteiger charge is 2.48. The van der Waals surface area contributed by atoms with E-state index in [1.807, 2.05) is 12.1 Å². The summed E-state index contributed by atoms with van der Waals surface area (Å²) in [4.78, 5) is 25.3. The van der Waals surface area contributed by atoms with Crippen LogP contribution in [-0.4, -0.2) is 32.5 Å². The van der Waals surface area contributed by atoms with Crippen molar-refractivity contribution in [2.24, 2.45) is 5.92 Å². The van der Waals surface area contributed by atoms with E-state index >= 15 is 0 Å². The first kappa shape index (κ1) is 18.2. The van der Waals surface area contributed by atoms with E-state index in [0.29, 0.717) is 34.3 Å². The van der Waals surface area contributed by atoms with E-state index in [-0.39, 0.29) is 12.2 Å². The molecule has 2 atom stereocenters. The van der Waals surface area contributed by atoms with Crippen molar-refractivity contribution >= 4 is 22.5 Å². The molecular weight excluding hydrogens is 358 g/mol. The topological polar surface area (TPSA) is 107 Å². The first-order chi connectivity index (χ1) is 13.5. The second kappa shape index (κ2) is 6.78. The Labute approximate surface area is 160 Å². The van der Waals surface area contributed by atoms with Gasteiger partial charge < -0.3 is 15.5 Å². The third kappa shape index (κ3) is 2.67. The second-order valence-corrected chi connectivity index (χ2v) is 6.98. The number of anilines is 1. The molecule has 0 aliphatic carbocycles. The van der Waals surface area contributed by atoms with Gasteiger partial charge in [0, 0.05) is 23.8 Å². The highest BCUT2D eigenvalue weighted by Crippen LogP contribution is 2.42. The summed E-state index contributed by atoms with van der Waals surface area (Å²) in [5.41, 5.74) is 0.211. The van der Waals surface area contributed by atoms with Gasteiger partial charge in [0.2, 0.25) is 0 Å². The van der Waals surface area contributed by atoms with Crippen LogP contribution in [0.2, 0.25) is 0 Å². The number of aromatic nitrogens is 2. The van der Waals surface area contributed by atoms with Crippen LogP contribution in [0.3, 0.4) is 0 Å². The van der Waals surface area contributed by atoms with Crippen LogP contribution in [0.5, 0.6) is 0 Å². The molecule has 2 aromatic carbocycles. The number of aliphatic hydroxyl groups is 2. The van der Waals surface area contributed by atoms with Crippen LogP contribution < -0.4 is 10.9 Å². The molecule has 2 heterocycles. The van der Waals surface area contributed by atoms with Crippen LogP contribution in [0.15, 0.2) is 59.4 Å². The summed E-state index contributed by atoms with van der Waals surface area (Å²) < 4.78 is 1.40. The van der Waals surface area contributed by atoms with Crippen LogP contribution >= 0.6 is 0 Å². The lowest BCUT2D eigenvalue weighted by molar-refractivity contribution is -0.137. The van der Waals surface area contributed by atoms with Gasteiger partial charge in [-0.15, -0.1) is 0 Å². The molecule has 28 heavy (non-hydrogen) atoms. The van der Waals surface area contributed by atoms with Crippen molar-refractivity contribution in [2.75, 3.05) is 11.9 Å². The first-order valence-corrected chi connectivity index (χ1v) is 9.13. The Kier molecular flexibility index (Phi) is 4.41. The normalized spacial score (nSPS) is 19.9. The molecule has 7 heteroatoms. The summed E-state index contributed by atoms with van der Waals surface area (Å²) in [6.07, 6.45) is 3.89. The Hall–Kier alpha value is -3.16. The van der Waals surface area contributed by atoms with Crippen molar-refractivity contribution in [2.45, 2.75) is 18.9 Å². The Morgan fingerprint density at radius 1 is 1.21 bits per heavy atom. The standard InChI is InChI=1S/C21H21N3O4/c1-13(6-4-5-11-25)21(28)16-12-14(9-10-18(16)22-20(21)27)24-19(26)15-7-2-3-8-17(15)23-24/h2-4,6-10,12-13,23,25,28H,5,11H2,1H3,(H,22,27)/b6-4+/t13-,21+/m1/s1. The van der Waals surface area contributed by atoms with E-state index in [1.54, 1.807) is 49.4 Å². The predicted molar refractivity (Wildman–Crippen MR) is 106 cm³/mol. The molecule has 1 amide bonds. The Morgan fingerprint density at radius 2 is 2.00 bits per heavy atom. The number of rotatable bonds is 5. The third-order valence-electron chi connectivity index (χ3n) is 5.24. The summed E-state index contributed by atoms with van der Waals surface area (Å²) in [5.74, 6) is -1.03. The van der Waals surface area contributed by atoms with Gasteiger partial charge in [0.1, 0.15) is 0 Å². The molecule has 1 aliphatic heterocycles. The molecule has 4 N–H and O–H groups in total. The number of H-pyrrole nitrogens is 1. The number of hydrogen-bond acceptors (Lipinski definition) is 4. The molecule has 7 nitrogen and oxygen atoms in total. The van der Waals surface area contributed by atoms with Gasteiger partial charge in [-0.25, -0.2) is 4.68 Å². The minimum atomic E-state index is -1.76. The molecule has 3 aromatic rings. The zero-order valence-electron chi connectivity index (χ0n) is 15.3. The molecule has 0 radical (unpaired) electrons. The van der Waals surface area contributed by atoms with Gasteiger partial charge in [0.05, 0.1) is 16.6 Å². The third-order valence-corrected chi connectivity index (χ3v) is 5.24. The van der Waals surface area contributed by atoms with Gasteiger partial charge in [-0.2, -0.15) is 0 Å². The Balaban J connectivity index is 1.81. The molecule has 0 saturated carbocycles. The summed E-state index contributed by atoms with van der Waals surface area (Å²) in [5, 5.41) is 26.5.